The lowest BCUT2D eigenvalue weighted by Crippen LogP contribution is -2.38. The number of hydrogen-bond donors (Lipinski definition) is 1. The molecule has 2 aliphatic rings. The molecule has 0 bridgehead atoms. The summed E-state index contributed by atoms with van der Waals surface area (Å²) in [6, 6.07) is 9.46. The van der Waals surface area contributed by atoms with Crippen LogP contribution in [-0.2, 0) is 27.5 Å². The van der Waals surface area contributed by atoms with E-state index in [4.69, 9.17) is 0 Å². The van der Waals surface area contributed by atoms with Gasteiger partial charge in [0, 0.05) is 37.3 Å². The highest BCUT2D eigenvalue weighted by Crippen LogP contribution is 2.33. The number of rotatable bonds is 5. The number of H-pyrrole nitrogens is 1. The van der Waals surface area contributed by atoms with Gasteiger partial charge in [-0.3, -0.25) is 4.79 Å². The number of nitrogens with zero attached hydrogens (tertiary/aromatic N) is 2. The first-order valence-corrected chi connectivity index (χ1v) is 12.7. The van der Waals surface area contributed by atoms with Gasteiger partial charge >= 0.3 is 0 Å². The lowest BCUT2D eigenvalue weighted by Gasteiger charge is -2.32. The van der Waals surface area contributed by atoms with Crippen LogP contribution >= 0.6 is 0 Å². The minimum Gasteiger partial charge on any atom is -0.346 e. The Balaban J connectivity index is 1.18. The number of benzene rings is 1. The number of aryl methyl sites for hydroxylation is 2. The predicted octanol–water partition coefficient (Wildman–Crippen LogP) is 3.62. The van der Waals surface area contributed by atoms with Crippen molar-refractivity contribution in [2.45, 2.75) is 49.3 Å². The van der Waals surface area contributed by atoms with Crippen LogP contribution in [0.2, 0.25) is 0 Å². The van der Waals surface area contributed by atoms with Gasteiger partial charge in [-0.2, -0.15) is 0 Å². The fourth-order valence-electron chi connectivity index (χ4n) is 4.99. The minimum atomic E-state index is -3.44. The predicted molar refractivity (Wildman–Crippen MR) is 120 cm³/mol. The van der Waals surface area contributed by atoms with Crippen LogP contribution in [0, 0.1) is 0 Å². The minimum absolute atomic E-state index is 0.0427. The molecule has 1 amide bonds. The van der Waals surface area contributed by atoms with E-state index in [-0.39, 0.29) is 18.1 Å². The lowest BCUT2D eigenvalue weighted by molar-refractivity contribution is -0.131. The molecule has 1 saturated heterocycles. The highest BCUT2D eigenvalue weighted by Gasteiger charge is 2.27. The molecule has 1 aliphatic heterocycles. The Bertz CT molecular complexity index is 1220. The number of nitrogens with one attached hydrogen (secondary N) is 1. The standard InChI is InChI=1S/C24H27N3O3S/c28-23(10-14-31(29,30)20-7-6-17-3-1-4-19(17)15-20)27-12-8-18(9-13-27)22-16-26-24-21(22)5-2-11-25-24/h2,5-7,11,15-16,18H,1,3-4,8-10,12-14H2,(H,25,26). The molecule has 2 aromatic heterocycles. The van der Waals surface area contributed by atoms with E-state index in [1.54, 1.807) is 12.3 Å². The Kier molecular flexibility index (Phi) is 5.30. The van der Waals surface area contributed by atoms with Gasteiger partial charge in [0.25, 0.3) is 0 Å². The number of aromatic nitrogens is 2. The lowest BCUT2D eigenvalue weighted by atomic mass is 9.89. The quantitative estimate of drug-likeness (QED) is 0.661. The van der Waals surface area contributed by atoms with Crippen molar-refractivity contribution < 1.29 is 13.2 Å². The number of carbonyl (C=O) groups is 1. The Labute approximate surface area is 182 Å². The number of fused-ring (bicyclic) bond motifs is 2. The highest BCUT2D eigenvalue weighted by atomic mass is 32.2. The summed E-state index contributed by atoms with van der Waals surface area (Å²) in [4.78, 5) is 22.5. The largest absolute Gasteiger partial charge is 0.346 e. The van der Waals surface area contributed by atoms with Crippen LogP contribution in [0.4, 0.5) is 0 Å². The second-order valence-electron chi connectivity index (χ2n) is 8.65. The SMILES string of the molecule is O=C(CCS(=O)(=O)c1ccc2c(c1)CCC2)N1CCC(c2c[nH]c3ncccc23)CC1. The molecule has 1 aromatic carbocycles. The van der Waals surface area contributed by atoms with Crippen LogP contribution in [0.1, 0.15) is 48.3 Å². The van der Waals surface area contributed by atoms with Crippen molar-refractivity contribution in [1.29, 1.82) is 0 Å². The summed E-state index contributed by atoms with van der Waals surface area (Å²) >= 11 is 0. The second-order valence-corrected chi connectivity index (χ2v) is 10.8. The number of piperidine rings is 1. The van der Waals surface area contributed by atoms with E-state index < -0.39 is 9.84 Å². The van der Waals surface area contributed by atoms with Crippen molar-refractivity contribution in [1.82, 2.24) is 14.9 Å². The third kappa shape index (κ3) is 3.99. The summed E-state index contributed by atoms with van der Waals surface area (Å²) in [5.74, 6) is 0.194. The van der Waals surface area contributed by atoms with Gasteiger partial charge in [-0.15, -0.1) is 0 Å². The maximum Gasteiger partial charge on any atom is 0.223 e. The topological polar surface area (TPSA) is 83.1 Å². The molecule has 162 valence electrons. The third-order valence-corrected chi connectivity index (χ3v) is 8.50. The monoisotopic (exact) mass is 437 g/mol. The van der Waals surface area contributed by atoms with Gasteiger partial charge in [0.2, 0.25) is 5.91 Å². The zero-order valence-corrected chi connectivity index (χ0v) is 18.3. The molecule has 0 unspecified atom stereocenters. The van der Waals surface area contributed by atoms with Crippen molar-refractivity contribution in [2.75, 3.05) is 18.8 Å². The Hall–Kier alpha value is -2.67. The molecule has 0 spiro atoms. The number of aromatic amines is 1. The highest BCUT2D eigenvalue weighted by molar-refractivity contribution is 7.91. The van der Waals surface area contributed by atoms with E-state index in [1.807, 2.05) is 29.3 Å². The molecule has 1 aliphatic carbocycles. The first-order chi connectivity index (χ1) is 15.0. The fraction of sp³-hybridized carbons (Fsp3) is 0.417. The molecule has 7 heteroatoms. The molecule has 1 fully saturated rings. The van der Waals surface area contributed by atoms with Crippen LogP contribution in [0.5, 0.6) is 0 Å². The summed E-state index contributed by atoms with van der Waals surface area (Å²) in [5.41, 5.74) is 4.55. The van der Waals surface area contributed by atoms with Crippen LogP contribution in [0.25, 0.3) is 11.0 Å². The van der Waals surface area contributed by atoms with Gasteiger partial charge in [0.15, 0.2) is 9.84 Å². The van der Waals surface area contributed by atoms with E-state index >= 15 is 0 Å². The van der Waals surface area contributed by atoms with E-state index in [0.717, 1.165) is 48.7 Å². The van der Waals surface area contributed by atoms with Crippen molar-refractivity contribution >= 4 is 26.8 Å². The van der Waals surface area contributed by atoms with E-state index in [2.05, 4.69) is 16.0 Å². The maximum absolute atomic E-state index is 12.8. The molecule has 0 saturated carbocycles. The summed E-state index contributed by atoms with van der Waals surface area (Å²) < 4.78 is 25.5. The Morgan fingerprint density at radius 3 is 2.77 bits per heavy atom. The fourth-order valence-corrected chi connectivity index (χ4v) is 6.27. The number of hydrogen-bond acceptors (Lipinski definition) is 4. The van der Waals surface area contributed by atoms with E-state index in [0.29, 0.717) is 23.9 Å². The zero-order valence-electron chi connectivity index (χ0n) is 17.5. The van der Waals surface area contributed by atoms with Gasteiger partial charge in [-0.05, 0) is 79.0 Å². The molecule has 0 atom stereocenters. The molecule has 3 heterocycles. The normalized spacial score (nSPS) is 17.2. The van der Waals surface area contributed by atoms with Gasteiger partial charge in [-0.1, -0.05) is 6.07 Å². The van der Waals surface area contributed by atoms with Gasteiger partial charge in [-0.25, -0.2) is 13.4 Å². The molecule has 3 aromatic rings. The zero-order chi connectivity index (χ0) is 21.4. The molecule has 6 nitrogen and oxygen atoms in total. The van der Waals surface area contributed by atoms with Gasteiger partial charge < -0.3 is 9.88 Å². The van der Waals surface area contributed by atoms with Gasteiger partial charge in [0.1, 0.15) is 5.65 Å². The smallest absolute Gasteiger partial charge is 0.223 e. The van der Waals surface area contributed by atoms with Crippen LogP contribution in [0.3, 0.4) is 0 Å². The molecule has 5 rings (SSSR count). The average molecular weight is 438 g/mol. The average Bonchev–Trinajstić information content (AvgIpc) is 3.44. The van der Waals surface area contributed by atoms with Crippen molar-refractivity contribution in [2.24, 2.45) is 0 Å². The summed E-state index contributed by atoms with van der Waals surface area (Å²) in [7, 11) is -3.44. The first-order valence-electron chi connectivity index (χ1n) is 11.1. The van der Waals surface area contributed by atoms with E-state index in [1.165, 1.54) is 11.1 Å². The van der Waals surface area contributed by atoms with Crippen LogP contribution < -0.4 is 0 Å². The van der Waals surface area contributed by atoms with Crippen molar-refractivity contribution in [3.8, 4) is 0 Å². The van der Waals surface area contributed by atoms with Crippen molar-refractivity contribution in [3.63, 3.8) is 0 Å². The van der Waals surface area contributed by atoms with E-state index in [9.17, 15) is 13.2 Å². The van der Waals surface area contributed by atoms with Crippen molar-refractivity contribution in [3.05, 3.63) is 59.4 Å². The number of pyridine rings is 1. The maximum atomic E-state index is 12.8. The number of likely N-dealkylation sites (tertiary alicyclic amines) is 1. The summed E-state index contributed by atoms with van der Waals surface area (Å²) in [6.45, 7) is 1.32. The number of amides is 1. The molecule has 1 N–H and O–H groups in total. The van der Waals surface area contributed by atoms with Crippen LogP contribution in [0.15, 0.2) is 47.6 Å². The second kappa shape index (κ2) is 8.11. The first kappa shape index (κ1) is 20.2. The molecule has 0 radical (unpaired) electrons. The van der Waals surface area contributed by atoms with Gasteiger partial charge in [0.05, 0.1) is 10.6 Å². The number of sulfone groups is 1. The Morgan fingerprint density at radius 2 is 1.94 bits per heavy atom. The third-order valence-electron chi connectivity index (χ3n) is 6.78. The number of carbonyl (C=O) groups excluding carboxylic acids is 1. The summed E-state index contributed by atoms with van der Waals surface area (Å²) in [5, 5.41) is 1.15. The molecular formula is C24H27N3O3S. The summed E-state index contributed by atoms with van der Waals surface area (Å²) in [6.07, 6.45) is 8.67. The van der Waals surface area contributed by atoms with Crippen LogP contribution in [-0.4, -0.2) is 48.0 Å². The Morgan fingerprint density at radius 1 is 1.13 bits per heavy atom. The molecular weight excluding hydrogens is 410 g/mol. The molecule has 31 heavy (non-hydrogen) atoms.